The molecule has 1 aromatic carbocycles. The summed E-state index contributed by atoms with van der Waals surface area (Å²) in [5.74, 6) is -0.0917. The number of benzene rings is 1. The average molecular weight is 732 g/mol. The molecule has 2 aliphatic rings. The van der Waals surface area contributed by atoms with Crippen molar-refractivity contribution in [3.8, 4) is 5.75 Å². The number of carbonyl (C=O) groups excluding carboxylic acids is 1. The van der Waals surface area contributed by atoms with Crippen molar-refractivity contribution in [2.24, 2.45) is 5.92 Å². The zero-order valence-corrected chi connectivity index (χ0v) is 32.7. The van der Waals surface area contributed by atoms with E-state index in [-0.39, 0.29) is 62.9 Å². The Kier molecular flexibility index (Phi) is 11.2. The van der Waals surface area contributed by atoms with Crippen LogP contribution in [0.5, 0.6) is 5.75 Å². The van der Waals surface area contributed by atoms with Gasteiger partial charge < -0.3 is 27.2 Å². The number of nitrogens with zero attached hydrogens (tertiary/aromatic N) is 3. The molecule has 5 rings (SSSR count). The Morgan fingerprint density at radius 3 is 2.22 bits per heavy atom. The standard InChI is InChI=1S/C33H49N5O8SSi2/c1-18(2)29(39)36-32-35-28-25(30(40)37-32)38(17-34-28)31-27(44-33(47)42-23-14-12-11-13-15-23)26-24(43-31)16-41-48(19(3)4,20(5)6)46-49(45-26,21(7)8)22(9)10/h11-15,17-22,24,26-27,31H,16H2,1-10H3,(H2,35,36,37,39,40)/t24-,26-,27-,31-/m1/s1. The second-order valence-electron chi connectivity index (χ2n) is 14.3. The molecular weight excluding hydrogens is 683 g/mol. The molecule has 0 unspecified atom stereocenters. The number of nitrogens with one attached hydrogen (secondary N) is 2. The molecule has 0 bridgehead atoms. The zero-order chi connectivity index (χ0) is 35.8. The van der Waals surface area contributed by atoms with Crippen LogP contribution in [0.25, 0.3) is 11.2 Å². The van der Waals surface area contributed by atoms with E-state index in [2.05, 4.69) is 75.7 Å². The third-order valence-electron chi connectivity index (χ3n) is 9.27. The quantitative estimate of drug-likeness (QED) is 0.188. The fourth-order valence-corrected chi connectivity index (χ4v) is 18.1. The summed E-state index contributed by atoms with van der Waals surface area (Å²) in [5.41, 5.74) is 0.112. The van der Waals surface area contributed by atoms with Crippen LogP contribution in [0.15, 0.2) is 41.5 Å². The van der Waals surface area contributed by atoms with E-state index < -0.39 is 47.2 Å². The number of H-pyrrole nitrogens is 1. The molecular formula is C33H49N5O8SSi2. The molecule has 2 N–H and O–H groups in total. The van der Waals surface area contributed by atoms with E-state index in [1.807, 2.05) is 18.2 Å². The van der Waals surface area contributed by atoms with Crippen LogP contribution < -0.4 is 15.6 Å². The number of rotatable bonds is 9. The van der Waals surface area contributed by atoms with Crippen LogP contribution in [0, 0.1) is 5.92 Å². The number of amides is 1. The van der Waals surface area contributed by atoms with E-state index in [0.717, 1.165) is 0 Å². The smallest absolute Gasteiger partial charge is 0.358 e. The highest BCUT2D eigenvalue weighted by atomic mass is 32.1. The molecule has 2 saturated heterocycles. The summed E-state index contributed by atoms with van der Waals surface area (Å²) >= 11 is 5.63. The van der Waals surface area contributed by atoms with E-state index in [1.165, 1.54) is 6.33 Å². The first kappa shape index (κ1) is 37.3. The molecule has 2 aliphatic heterocycles. The molecule has 4 heterocycles. The Morgan fingerprint density at radius 2 is 1.63 bits per heavy atom. The lowest BCUT2D eigenvalue weighted by Crippen LogP contribution is -2.66. The third-order valence-corrected chi connectivity index (χ3v) is 19.7. The number of hydrogen-bond acceptors (Lipinski definition) is 11. The predicted molar refractivity (Wildman–Crippen MR) is 194 cm³/mol. The Bertz CT molecular complexity index is 1680. The summed E-state index contributed by atoms with van der Waals surface area (Å²) in [6.45, 7) is 20.9. The molecule has 16 heteroatoms. The van der Waals surface area contributed by atoms with Gasteiger partial charge in [0.1, 0.15) is 24.3 Å². The van der Waals surface area contributed by atoms with Crippen LogP contribution in [0.2, 0.25) is 22.2 Å². The van der Waals surface area contributed by atoms with Crippen LogP contribution in [-0.2, 0) is 27.2 Å². The third kappa shape index (κ3) is 7.27. The first-order valence-electron chi connectivity index (χ1n) is 17.0. The zero-order valence-electron chi connectivity index (χ0n) is 29.9. The number of hydrogen-bond donors (Lipinski definition) is 2. The molecule has 49 heavy (non-hydrogen) atoms. The van der Waals surface area contributed by atoms with Crippen molar-refractivity contribution in [1.82, 2.24) is 19.5 Å². The molecule has 2 fully saturated rings. The van der Waals surface area contributed by atoms with Crippen LogP contribution in [-0.4, -0.2) is 72.7 Å². The second kappa shape index (κ2) is 14.7. The van der Waals surface area contributed by atoms with Gasteiger partial charge in [-0.3, -0.25) is 24.5 Å². The molecule has 3 aromatic rings. The molecule has 1 amide bonds. The van der Waals surface area contributed by atoms with E-state index in [0.29, 0.717) is 5.75 Å². The first-order chi connectivity index (χ1) is 23.1. The van der Waals surface area contributed by atoms with Gasteiger partial charge in [0.15, 0.2) is 23.5 Å². The fraction of sp³-hybridized carbons (Fsp3) is 0.606. The Balaban J connectivity index is 1.61. The summed E-state index contributed by atoms with van der Waals surface area (Å²) < 4.78 is 42.4. The number of anilines is 1. The van der Waals surface area contributed by atoms with Crippen molar-refractivity contribution in [1.29, 1.82) is 0 Å². The minimum Gasteiger partial charge on any atom is -0.446 e. The SMILES string of the molecule is CC(C)C(=O)Nc1nc2ncn([C@@H]3O[C@@H]4CO[Si](C(C)C)(C(C)C)O[Si](C(C)C)(C(C)C)O[C@H]4[C@H]3OC(=S)Oc3ccccc3)c2c(=O)[nH]1. The van der Waals surface area contributed by atoms with Crippen molar-refractivity contribution in [3.63, 3.8) is 0 Å². The number of carbonyl (C=O) groups is 1. The Labute approximate surface area is 294 Å². The molecule has 4 atom stereocenters. The number of imidazole rings is 1. The Morgan fingerprint density at radius 1 is 1.00 bits per heavy atom. The molecule has 2 aromatic heterocycles. The predicted octanol–water partition coefficient (Wildman–Crippen LogP) is 6.32. The summed E-state index contributed by atoms with van der Waals surface area (Å²) in [6.07, 6.45) is -1.70. The topological polar surface area (TPSA) is 148 Å². The van der Waals surface area contributed by atoms with Gasteiger partial charge in [-0.15, -0.1) is 0 Å². The van der Waals surface area contributed by atoms with E-state index in [4.69, 9.17) is 39.4 Å². The van der Waals surface area contributed by atoms with Gasteiger partial charge in [0, 0.05) is 18.1 Å². The number of fused-ring (bicyclic) bond motifs is 2. The molecule has 0 radical (unpaired) electrons. The van der Waals surface area contributed by atoms with Crippen LogP contribution in [0.3, 0.4) is 0 Å². The van der Waals surface area contributed by atoms with Gasteiger partial charge in [-0.2, -0.15) is 4.98 Å². The fourth-order valence-electron chi connectivity index (χ4n) is 6.66. The molecule has 0 saturated carbocycles. The minimum atomic E-state index is -3.10. The number of para-hydroxylation sites is 1. The first-order valence-corrected chi connectivity index (χ1v) is 21.3. The van der Waals surface area contributed by atoms with Crippen molar-refractivity contribution < 1.29 is 32.0 Å². The van der Waals surface area contributed by atoms with Gasteiger partial charge in [-0.1, -0.05) is 87.4 Å². The van der Waals surface area contributed by atoms with Crippen molar-refractivity contribution in [2.75, 3.05) is 11.9 Å². The minimum absolute atomic E-state index is 0.00266. The second-order valence-corrected chi connectivity index (χ2v) is 23.4. The number of aromatic nitrogens is 4. The van der Waals surface area contributed by atoms with Gasteiger partial charge in [0.2, 0.25) is 11.9 Å². The van der Waals surface area contributed by atoms with E-state index in [9.17, 15) is 9.59 Å². The Hall–Kier alpha value is -3.00. The highest BCUT2D eigenvalue weighted by Crippen LogP contribution is 2.49. The molecule has 0 spiro atoms. The maximum absolute atomic E-state index is 13.6. The number of thiocarbonyl (C=S) groups is 1. The van der Waals surface area contributed by atoms with E-state index >= 15 is 0 Å². The molecule has 268 valence electrons. The van der Waals surface area contributed by atoms with Gasteiger partial charge in [-0.25, -0.2) is 4.98 Å². The summed E-state index contributed by atoms with van der Waals surface area (Å²) in [4.78, 5) is 37.4. The maximum Gasteiger partial charge on any atom is 0.358 e. The van der Waals surface area contributed by atoms with Crippen LogP contribution in [0.4, 0.5) is 5.95 Å². The number of aromatic amines is 1. The highest BCUT2D eigenvalue weighted by Gasteiger charge is 2.62. The molecule has 0 aliphatic carbocycles. The van der Waals surface area contributed by atoms with Gasteiger partial charge in [0.25, 0.3) is 5.56 Å². The van der Waals surface area contributed by atoms with Crippen molar-refractivity contribution >= 4 is 57.6 Å². The van der Waals surface area contributed by atoms with Crippen molar-refractivity contribution in [3.05, 3.63) is 47.0 Å². The molecule has 13 nitrogen and oxygen atoms in total. The van der Waals surface area contributed by atoms with Gasteiger partial charge in [0.05, 0.1) is 6.61 Å². The van der Waals surface area contributed by atoms with Crippen LogP contribution in [0.1, 0.15) is 75.5 Å². The number of ether oxygens (including phenoxy) is 3. The maximum atomic E-state index is 13.6. The largest absolute Gasteiger partial charge is 0.446 e. The van der Waals surface area contributed by atoms with E-state index in [1.54, 1.807) is 30.5 Å². The lowest BCUT2D eigenvalue weighted by molar-refractivity contribution is -0.118. The monoisotopic (exact) mass is 731 g/mol. The summed E-state index contributed by atoms with van der Waals surface area (Å²) in [7, 11) is -5.97. The lowest BCUT2D eigenvalue weighted by atomic mass is 10.1. The summed E-state index contributed by atoms with van der Waals surface area (Å²) in [5, 5.41) is 2.50. The van der Waals surface area contributed by atoms with Crippen LogP contribution >= 0.6 is 12.2 Å². The average Bonchev–Trinajstić information content (AvgIpc) is 3.58. The normalized spacial score (nSPS) is 23.6. The summed E-state index contributed by atoms with van der Waals surface area (Å²) in [6, 6.07) is 9.09. The van der Waals surface area contributed by atoms with Gasteiger partial charge in [-0.05, 0) is 34.3 Å². The lowest BCUT2D eigenvalue weighted by Gasteiger charge is -2.51. The van der Waals surface area contributed by atoms with Gasteiger partial charge >= 0.3 is 22.4 Å². The highest BCUT2D eigenvalue weighted by molar-refractivity contribution is 7.79. The van der Waals surface area contributed by atoms with Crippen molar-refractivity contribution in [2.45, 2.75) is 116 Å².